The monoisotopic (exact) mass is 380 g/mol. The standard InChI is InChI=1S/C20H16N2O2S2/c1-24-15-7-8-16-14(11-21-17(16)10-15)9-18-19(23)22(20(25)26-18)12-13-5-3-2-4-6-13/h2-11,23H,12H2,1H3/b14-9+. The van der Waals surface area contributed by atoms with Crippen molar-refractivity contribution in [2.75, 3.05) is 7.11 Å². The summed E-state index contributed by atoms with van der Waals surface area (Å²) in [4.78, 5) is 5.16. The third-order valence-electron chi connectivity index (χ3n) is 4.22. The lowest BCUT2D eigenvalue weighted by molar-refractivity contribution is 0.415. The van der Waals surface area contributed by atoms with Gasteiger partial charge in [0.05, 0.1) is 24.2 Å². The van der Waals surface area contributed by atoms with E-state index in [-0.39, 0.29) is 5.88 Å². The van der Waals surface area contributed by atoms with Gasteiger partial charge in [0.25, 0.3) is 0 Å². The Morgan fingerprint density at radius 2 is 2.04 bits per heavy atom. The molecule has 3 aromatic rings. The topological polar surface area (TPSA) is 46.8 Å². The third-order valence-corrected chi connectivity index (χ3v) is 5.61. The van der Waals surface area contributed by atoms with Crippen molar-refractivity contribution in [3.8, 4) is 11.6 Å². The number of benzene rings is 2. The molecule has 0 unspecified atom stereocenters. The quantitative estimate of drug-likeness (QED) is 0.625. The van der Waals surface area contributed by atoms with Crippen molar-refractivity contribution >= 4 is 47.1 Å². The number of hydrogen-bond acceptors (Lipinski definition) is 5. The molecule has 6 heteroatoms. The number of aromatic hydroxyl groups is 1. The van der Waals surface area contributed by atoms with Crippen LogP contribution < -0.4 is 4.74 Å². The van der Waals surface area contributed by atoms with Crippen LogP contribution in [0.2, 0.25) is 0 Å². The number of aromatic nitrogens is 1. The molecule has 0 bridgehead atoms. The predicted molar refractivity (Wildman–Crippen MR) is 109 cm³/mol. The molecule has 1 aliphatic rings. The van der Waals surface area contributed by atoms with Crippen LogP contribution in [0.25, 0.3) is 11.6 Å². The second-order valence-electron chi connectivity index (χ2n) is 5.87. The number of thiazole rings is 1. The number of allylic oxidation sites excluding steroid dienone is 1. The van der Waals surface area contributed by atoms with Gasteiger partial charge in [-0.25, -0.2) is 0 Å². The van der Waals surface area contributed by atoms with Gasteiger partial charge in [-0.1, -0.05) is 30.3 Å². The normalized spacial score (nSPS) is 14.0. The highest BCUT2D eigenvalue weighted by Crippen LogP contribution is 2.37. The minimum Gasteiger partial charge on any atom is -0.497 e. The van der Waals surface area contributed by atoms with Crippen LogP contribution in [-0.4, -0.2) is 23.0 Å². The van der Waals surface area contributed by atoms with Crippen LogP contribution >= 0.6 is 23.6 Å². The summed E-state index contributed by atoms with van der Waals surface area (Å²) < 4.78 is 7.63. The van der Waals surface area contributed by atoms with E-state index in [1.165, 1.54) is 11.3 Å². The maximum absolute atomic E-state index is 10.7. The maximum atomic E-state index is 10.7. The number of hydrogen-bond donors (Lipinski definition) is 1. The average Bonchev–Trinajstić information content (AvgIpc) is 3.18. The summed E-state index contributed by atoms with van der Waals surface area (Å²) in [6, 6.07) is 15.7. The van der Waals surface area contributed by atoms with Crippen LogP contribution in [0.5, 0.6) is 11.6 Å². The first kappa shape index (κ1) is 16.8. The Morgan fingerprint density at radius 3 is 2.81 bits per heavy atom. The minimum absolute atomic E-state index is 0.187. The molecule has 1 aromatic heterocycles. The molecule has 4 nitrogen and oxygen atoms in total. The largest absolute Gasteiger partial charge is 0.497 e. The summed E-state index contributed by atoms with van der Waals surface area (Å²) in [7, 11) is 1.64. The first-order chi connectivity index (χ1) is 12.7. The first-order valence-electron chi connectivity index (χ1n) is 8.06. The van der Waals surface area contributed by atoms with Gasteiger partial charge < -0.3 is 9.84 Å². The molecule has 0 fully saturated rings. The molecule has 26 heavy (non-hydrogen) atoms. The molecule has 0 amide bonds. The third kappa shape index (κ3) is 3.09. The molecule has 0 atom stereocenters. The highest BCUT2D eigenvalue weighted by atomic mass is 32.1. The smallest absolute Gasteiger partial charge is 0.210 e. The Morgan fingerprint density at radius 1 is 1.23 bits per heavy atom. The first-order valence-corrected chi connectivity index (χ1v) is 9.29. The fourth-order valence-corrected chi connectivity index (χ4v) is 4.13. The molecule has 0 aliphatic carbocycles. The number of nitrogens with zero attached hydrogens (tertiary/aromatic N) is 2. The van der Waals surface area contributed by atoms with Gasteiger partial charge in [-0.3, -0.25) is 9.56 Å². The SMILES string of the molecule is COc1ccc2c(c1)N=C/C2=C\c1sc(=S)n(Cc2ccccc2)c1O. The maximum Gasteiger partial charge on any atom is 0.210 e. The van der Waals surface area contributed by atoms with Crippen LogP contribution in [0.4, 0.5) is 5.69 Å². The summed E-state index contributed by atoms with van der Waals surface area (Å²) in [6.45, 7) is 0.549. The van der Waals surface area contributed by atoms with Crippen molar-refractivity contribution < 1.29 is 9.84 Å². The zero-order valence-electron chi connectivity index (χ0n) is 14.0. The van der Waals surface area contributed by atoms with Crippen LogP contribution in [0.1, 0.15) is 16.0 Å². The summed E-state index contributed by atoms with van der Waals surface area (Å²) in [5.74, 6) is 0.960. The molecule has 0 spiro atoms. The fraction of sp³-hybridized carbons (Fsp3) is 0.100. The average molecular weight is 380 g/mol. The van der Waals surface area contributed by atoms with E-state index in [1.54, 1.807) is 17.9 Å². The second-order valence-corrected chi connectivity index (χ2v) is 7.54. The van der Waals surface area contributed by atoms with Crippen molar-refractivity contribution in [2.45, 2.75) is 6.54 Å². The minimum atomic E-state index is 0.187. The van der Waals surface area contributed by atoms with E-state index in [0.29, 0.717) is 10.5 Å². The number of ether oxygens (including phenoxy) is 1. The Kier molecular flexibility index (Phi) is 4.44. The second kappa shape index (κ2) is 6.90. The van der Waals surface area contributed by atoms with E-state index in [0.717, 1.165) is 33.0 Å². The highest BCUT2D eigenvalue weighted by Gasteiger charge is 2.16. The number of aliphatic imine (C=N–C) groups is 1. The van der Waals surface area contributed by atoms with Crippen LogP contribution in [0, 0.1) is 3.95 Å². The molecule has 1 aliphatic heterocycles. The van der Waals surface area contributed by atoms with E-state index >= 15 is 0 Å². The number of fused-ring (bicyclic) bond motifs is 1. The van der Waals surface area contributed by atoms with E-state index < -0.39 is 0 Å². The molecular formula is C20H16N2O2S2. The van der Waals surface area contributed by atoms with Gasteiger partial charge in [0, 0.05) is 23.4 Å². The summed E-state index contributed by atoms with van der Waals surface area (Å²) >= 11 is 6.85. The zero-order valence-corrected chi connectivity index (χ0v) is 15.7. The van der Waals surface area contributed by atoms with Gasteiger partial charge >= 0.3 is 0 Å². The van der Waals surface area contributed by atoms with Crippen molar-refractivity contribution in [2.24, 2.45) is 4.99 Å². The predicted octanol–water partition coefficient (Wildman–Crippen LogP) is 5.30. The van der Waals surface area contributed by atoms with Gasteiger partial charge in [0.2, 0.25) is 5.88 Å². The molecule has 2 aromatic carbocycles. The summed E-state index contributed by atoms with van der Waals surface area (Å²) in [6.07, 6.45) is 3.73. The Balaban J connectivity index is 1.69. The van der Waals surface area contributed by atoms with Gasteiger partial charge in [-0.15, -0.1) is 11.3 Å². The van der Waals surface area contributed by atoms with Crippen molar-refractivity contribution in [1.29, 1.82) is 0 Å². The van der Waals surface area contributed by atoms with E-state index in [9.17, 15) is 5.11 Å². The lowest BCUT2D eigenvalue weighted by Crippen LogP contribution is -1.98. The van der Waals surface area contributed by atoms with Crippen molar-refractivity contribution in [1.82, 2.24) is 4.57 Å². The molecule has 0 saturated heterocycles. The van der Waals surface area contributed by atoms with Gasteiger partial charge in [0.1, 0.15) is 5.75 Å². The van der Waals surface area contributed by atoms with Crippen LogP contribution in [0.15, 0.2) is 53.5 Å². The van der Waals surface area contributed by atoms with Gasteiger partial charge in [0.15, 0.2) is 3.95 Å². The van der Waals surface area contributed by atoms with Crippen LogP contribution in [0.3, 0.4) is 0 Å². The number of methoxy groups -OCH3 is 1. The molecule has 130 valence electrons. The molecular weight excluding hydrogens is 364 g/mol. The number of rotatable bonds is 4. The molecule has 1 N–H and O–H groups in total. The van der Waals surface area contributed by atoms with Crippen LogP contribution in [-0.2, 0) is 6.54 Å². The molecule has 0 radical (unpaired) electrons. The molecule has 0 saturated carbocycles. The lowest BCUT2D eigenvalue weighted by atomic mass is 10.1. The lowest BCUT2D eigenvalue weighted by Gasteiger charge is -2.05. The van der Waals surface area contributed by atoms with Crippen molar-refractivity contribution in [3.63, 3.8) is 0 Å². The Bertz CT molecular complexity index is 1080. The van der Waals surface area contributed by atoms with Crippen molar-refractivity contribution in [3.05, 3.63) is 68.5 Å². The van der Waals surface area contributed by atoms with E-state index in [1.807, 2.05) is 54.6 Å². The zero-order chi connectivity index (χ0) is 18.1. The van der Waals surface area contributed by atoms with Gasteiger partial charge in [-0.05, 0) is 36.0 Å². The van der Waals surface area contributed by atoms with E-state index in [4.69, 9.17) is 17.0 Å². The molecule has 4 rings (SSSR count). The Labute approximate surface area is 160 Å². The fourth-order valence-electron chi connectivity index (χ4n) is 2.87. The highest BCUT2D eigenvalue weighted by molar-refractivity contribution is 7.73. The summed E-state index contributed by atoms with van der Waals surface area (Å²) in [5.41, 5.74) is 3.92. The molecule has 2 heterocycles. The summed E-state index contributed by atoms with van der Waals surface area (Å²) in [5, 5.41) is 10.7. The Hall–Kier alpha value is -2.70. The van der Waals surface area contributed by atoms with Gasteiger partial charge in [-0.2, -0.15) is 0 Å². The van der Waals surface area contributed by atoms with E-state index in [2.05, 4.69) is 4.99 Å².